The molecule has 4 rings (SSSR count). The van der Waals surface area contributed by atoms with Crippen LogP contribution in [0.25, 0.3) is 10.4 Å². The molecule has 162 valence electrons. The summed E-state index contributed by atoms with van der Waals surface area (Å²) in [6.45, 7) is 2.27. The Balaban J connectivity index is 1.53. The molecule has 1 saturated heterocycles. The van der Waals surface area contributed by atoms with Gasteiger partial charge in [-0.2, -0.15) is 4.91 Å². The van der Waals surface area contributed by atoms with Gasteiger partial charge in [-0.25, -0.2) is 4.39 Å². The molecular weight excluding hydrogens is 413 g/mol. The highest BCUT2D eigenvalue weighted by molar-refractivity contribution is 7.15. The minimum Gasteiger partial charge on any atom is -0.381 e. The number of nitrogens with zero attached hydrogens (tertiary/aromatic N) is 1. The van der Waals surface area contributed by atoms with Crippen molar-refractivity contribution in [1.82, 2.24) is 0 Å². The molecule has 31 heavy (non-hydrogen) atoms. The van der Waals surface area contributed by atoms with Crippen molar-refractivity contribution in [3.05, 3.63) is 86.9 Å². The molecule has 0 radical (unpaired) electrons. The van der Waals surface area contributed by atoms with E-state index in [4.69, 9.17) is 9.47 Å². The highest BCUT2D eigenvalue weighted by Crippen LogP contribution is 2.35. The van der Waals surface area contributed by atoms with Crippen molar-refractivity contribution in [2.75, 3.05) is 13.7 Å². The van der Waals surface area contributed by atoms with Gasteiger partial charge in [0.05, 0.1) is 18.3 Å². The summed E-state index contributed by atoms with van der Waals surface area (Å²) in [7, 11) is 1.70. The lowest BCUT2D eigenvalue weighted by Crippen LogP contribution is -2.34. The van der Waals surface area contributed by atoms with Crippen LogP contribution in [0, 0.1) is 17.6 Å². The van der Waals surface area contributed by atoms with E-state index in [1.807, 2.05) is 12.1 Å². The van der Waals surface area contributed by atoms with Gasteiger partial charge in [-0.1, -0.05) is 35.5 Å². The van der Waals surface area contributed by atoms with Crippen LogP contribution in [-0.4, -0.2) is 25.9 Å². The Bertz CT molecular complexity index is 1030. The Morgan fingerprint density at radius 3 is 2.68 bits per heavy atom. The third-order valence-corrected chi connectivity index (χ3v) is 7.01. The van der Waals surface area contributed by atoms with Crippen LogP contribution in [-0.2, 0) is 15.9 Å². The first-order chi connectivity index (χ1) is 15.1. The second kappa shape index (κ2) is 9.81. The van der Waals surface area contributed by atoms with Crippen molar-refractivity contribution in [3.63, 3.8) is 0 Å². The third kappa shape index (κ3) is 5.26. The average Bonchev–Trinajstić information content (AvgIpc) is 3.24. The molecule has 0 saturated carbocycles. The van der Waals surface area contributed by atoms with E-state index in [1.165, 1.54) is 28.1 Å². The molecule has 0 N–H and O–H groups in total. The summed E-state index contributed by atoms with van der Waals surface area (Å²) in [6.07, 6.45) is 2.03. The lowest BCUT2D eigenvalue weighted by atomic mass is 9.93. The molecule has 1 aliphatic rings. The highest BCUT2D eigenvalue weighted by atomic mass is 32.1. The number of rotatable bonds is 7. The summed E-state index contributed by atoms with van der Waals surface area (Å²) >= 11 is 1.73. The van der Waals surface area contributed by atoms with Gasteiger partial charge >= 0.3 is 0 Å². The van der Waals surface area contributed by atoms with E-state index in [0.29, 0.717) is 6.42 Å². The van der Waals surface area contributed by atoms with E-state index < -0.39 is 0 Å². The summed E-state index contributed by atoms with van der Waals surface area (Å²) in [6, 6.07) is 17.3. The first-order valence-corrected chi connectivity index (χ1v) is 11.3. The zero-order valence-corrected chi connectivity index (χ0v) is 18.5. The van der Waals surface area contributed by atoms with Crippen LogP contribution in [0.2, 0.25) is 0 Å². The van der Waals surface area contributed by atoms with E-state index in [2.05, 4.69) is 42.4 Å². The number of benzene rings is 2. The van der Waals surface area contributed by atoms with Crippen molar-refractivity contribution in [2.24, 2.45) is 5.18 Å². The molecule has 1 aliphatic heterocycles. The van der Waals surface area contributed by atoms with Gasteiger partial charge in [0, 0.05) is 36.1 Å². The first-order valence-electron chi connectivity index (χ1n) is 10.5. The molecular formula is C25H26FNO3S. The number of nitroso groups, excluding NO2 is 1. The van der Waals surface area contributed by atoms with Gasteiger partial charge < -0.3 is 9.47 Å². The standard InChI is InChI=1S/C25H26FNO3S/c1-16-3-4-18(24-14-21(29-2)13-22(30-24)15-27-28)11-19(16)12-23-9-10-25(31-23)17-5-7-20(26)8-6-17/h3-11,21-22,24H,12-15H2,1-2H3/t21-,22-,24+/m0/s1. The molecule has 3 aromatic rings. The zero-order chi connectivity index (χ0) is 21.8. The van der Waals surface area contributed by atoms with Crippen LogP contribution in [0.4, 0.5) is 4.39 Å². The molecule has 4 nitrogen and oxygen atoms in total. The van der Waals surface area contributed by atoms with Crippen LogP contribution in [0.5, 0.6) is 0 Å². The van der Waals surface area contributed by atoms with Gasteiger partial charge in [-0.3, -0.25) is 0 Å². The quantitative estimate of drug-likeness (QED) is 0.397. The molecule has 2 aromatic carbocycles. The fraction of sp³-hybridized carbons (Fsp3) is 0.360. The Morgan fingerprint density at radius 1 is 1.13 bits per heavy atom. The maximum Gasteiger partial charge on any atom is 0.123 e. The van der Waals surface area contributed by atoms with Crippen molar-refractivity contribution < 1.29 is 13.9 Å². The van der Waals surface area contributed by atoms with Gasteiger partial charge in [0.25, 0.3) is 0 Å². The molecule has 2 heterocycles. The number of ether oxygens (including phenoxy) is 2. The van der Waals surface area contributed by atoms with Crippen molar-refractivity contribution in [2.45, 2.75) is 44.5 Å². The predicted octanol–water partition coefficient (Wildman–Crippen LogP) is 6.45. The Hall–Kier alpha value is -2.41. The zero-order valence-electron chi connectivity index (χ0n) is 17.7. The van der Waals surface area contributed by atoms with Gasteiger partial charge in [-0.05, 0) is 53.4 Å². The van der Waals surface area contributed by atoms with E-state index in [-0.39, 0.29) is 30.7 Å². The Kier molecular flexibility index (Phi) is 6.90. The molecule has 1 fully saturated rings. The third-order valence-electron chi connectivity index (χ3n) is 5.87. The first kappa shape index (κ1) is 21.8. The average molecular weight is 440 g/mol. The van der Waals surface area contributed by atoms with Crippen LogP contribution in [0.1, 0.15) is 40.5 Å². The smallest absolute Gasteiger partial charge is 0.123 e. The van der Waals surface area contributed by atoms with Crippen molar-refractivity contribution in [3.8, 4) is 10.4 Å². The molecule has 0 spiro atoms. The maximum atomic E-state index is 13.2. The minimum absolute atomic E-state index is 0.0609. The highest BCUT2D eigenvalue weighted by Gasteiger charge is 2.31. The molecule has 0 aliphatic carbocycles. The monoisotopic (exact) mass is 439 g/mol. The van der Waals surface area contributed by atoms with Gasteiger partial charge in [0.15, 0.2) is 0 Å². The molecule has 0 amide bonds. The summed E-state index contributed by atoms with van der Waals surface area (Å²) < 4.78 is 24.9. The van der Waals surface area contributed by atoms with Gasteiger partial charge in [0.1, 0.15) is 12.4 Å². The fourth-order valence-corrected chi connectivity index (χ4v) is 5.13. The summed E-state index contributed by atoms with van der Waals surface area (Å²) in [5.41, 5.74) is 4.61. The maximum absolute atomic E-state index is 13.2. The molecule has 1 aromatic heterocycles. The lowest BCUT2D eigenvalue weighted by Gasteiger charge is -2.34. The van der Waals surface area contributed by atoms with Crippen LogP contribution < -0.4 is 0 Å². The van der Waals surface area contributed by atoms with E-state index in [9.17, 15) is 9.30 Å². The number of halogens is 1. The topological polar surface area (TPSA) is 47.9 Å². The minimum atomic E-state index is -0.222. The van der Waals surface area contributed by atoms with Crippen LogP contribution >= 0.6 is 11.3 Å². The fourth-order valence-electron chi connectivity index (χ4n) is 4.09. The summed E-state index contributed by atoms with van der Waals surface area (Å²) in [5.74, 6) is -0.222. The van der Waals surface area contributed by atoms with Crippen LogP contribution in [0.3, 0.4) is 0 Å². The number of methoxy groups -OCH3 is 1. The molecule has 3 atom stereocenters. The second-order valence-electron chi connectivity index (χ2n) is 8.02. The van der Waals surface area contributed by atoms with Crippen molar-refractivity contribution >= 4 is 11.3 Å². The number of aryl methyl sites for hydroxylation is 1. The molecule has 0 unspecified atom stereocenters. The molecule has 6 heteroatoms. The van der Waals surface area contributed by atoms with E-state index in [1.54, 1.807) is 18.4 Å². The lowest BCUT2D eigenvalue weighted by molar-refractivity contribution is -0.103. The second-order valence-corrected chi connectivity index (χ2v) is 9.19. The summed E-state index contributed by atoms with van der Waals surface area (Å²) in [5, 5.41) is 3.03. The Morgan fingerprint density at radius 2 is 1.94 bits per heavy atom. The van der Waals surface area contributed by atoms with Crippen molar-refractivity contribution in [1.29, 1.82) is 0 Å². The van der Waals surface area contributed by atoms with Gasteiger partial charge in [-0.15, -0.1) is 11.3 Å². The largest absolute Gasteiger partial charge is 0.381 e. The summed E-state index contributed by atoms with van der Waals surface area (Å²) in [4.78, 5) is 13.1. The van der Waals surface area contributed by atoms with E-state index in [0.717, 1.165) is 28.8 Å². The van der Waals surface area contributed by atoms with E-state index >= 15 is 0 Å². The number of thiophene rings is 1. The number of hydrogen-bond donors (Lipinski definition) is 0. The van der Waals surface area contributed by atoms with Gasteiger partial charge in [0.2, 0.25) is 0 Å². The predicted molar refractivity (Wildman–Crippen MR) is 122 cm³/mol. The Labute approximate surface area is 186 Å². The van der Waals surface area contributed by atoms with Crippen LogP contribution in [0.15, 0.2) is 59.8 Å². The normalized spacial score (nSPS) is 21.2. The number of hydrogen-bond acceptors (Lipinski definition) is 5. The SMILES string of the molecule is CO[C@H]1C[C@@H](CN=O)O[C@@H](c2ccc(C)c(Cc3ccc(-c4ccc(F)cc4)s3)c2)C1. The molecule has 0 bridgehead atoms.